The molecule has 2 fully saturated rings. The molecule has 5 atom stereocenters. The number of likely N-dealkylation sites (tertiary alicyclic amines) is 1. The Morgan fingerprint density at radius 3 is 2.30 bits per heavy atom. The first kappa shape index (κ1) is 21.9. The van der Waals surface area contributed by atoms with E-state index in [2.05, 4.69) is 10.6 Å². The number of rotatable bonds is 6. The van der Waals surface area contributed by atoms with Crippen LogP contribution in [0.3, 0.4) is 0 Å². The molecule has 0 saturated carbocycles. The molecule has 0 radical (unpaired) electrons. The van der Waals surface area contributed by atoms with E-state index < -0.39 is 42.1 Å². The van der Waals surface area contributed by atoms with Crippen molar-refractivity contribution in [2.24, 2.45) is 11.5 Å². The second kappa shape index (κ2) is 8.74. The second-order valence-electron chi connectivity index (χ2n) is 7.22. The summed E-state index contributed by atoms with van der Waals surface area (Å²) >= 11 is 1.61. The monoisotopic (exact) mass is 403 g/mol. The molecule has 27 heavy (non-hydrogen) atoms. The van der Waals surface area contributed by atoms with E-state index in [1.54, 1.807) is 16.7 Å². The van der Waals surface area contributed by atoms with E-state index in [0.717, 1.165) is 0 Å². The fourth-order valence-electron chi connectivity index (χ4n) is 3.26. The summed E-state index contributed by atoms with van der Waals surface area (Å²) in [5.41, 5.74) is 10.9. The zero-order chi connectivity index (χ0) is 20.4. The number of primary amides is 1. The largest absolute Gasteiger partial charge is 0.391 e. The normalized spacial score (nSPS) is 26.3. The number of nitrogens with zero attached hydrogens (tertiary/aromatic N) is 1. The van der Waals surface area contributed by atoms with Gasteiger partial charge < -0.3 is 31.9 Å². The third-order valence-electron chi connectivity index (χ3n) is 5.05. The number of thioether (sulfide) groups is 1. The molecule has 11 heteroatoms. The molecular weight excluding hydrogens is 374 g/mol. The average Bonchev–Trinajstić information content (AvgIpc) is 3.02. The summed E-state index contributed by atoms with van der Waals surface area (Å²) in [5.74, 6) is -0.949. The van der Waals surface area contributed by atoms with Gasteiger partial charge in [0.05, 0.1) is 23.1 Å². The van der Waals surface area contributed by atoms with Crippen molar-refractivity contribution in [3.63, 3.8) is 0 Å². The van der Waals surface area contributed by atoms with Gasteiger partial charge in [-0.15, -0.1) is 11.8 Å². The molecule has 0 aromatic heterocycles. The molecule has 2 heterocycles. The Bertz CT molecular complexity index is 580. The summed E-state index contributed by atoms with van der Waals surface area (Å²) in [6.45, 7) is 3.83. The first-order valence-electron chi connectivity index (χ1n) is 8.98. The van der Waals surface area contributed by atoms with Crippen molar-refractivity contribution < 1.29 is 24.6 Å². The van der Waals surface area contributed by atoms with Gasteiger partial charge in [-0.05, 0) is 26.7 Å². The fraction of sp³-hybridized carbons (Fsp3) is 0.812. The first-order chi connectivity index (χ1) is 12.6. The lowest BCUT2D eigenvalue weighted by atomic mass is 10.0. The second-order valence-corrected chi connectivity index (χ2v) is 8.63. The summed E-state index contributed by atoms with van der Waals surface area (Å²) < 4.78 is 0. The van der Waals surface area contributed by atoms with Crippen LogP contribution in [0.1, 0.15) is 26.7 Å². The van der Waals surface area contributed by atoms with Crippen LogP contribution < -0.4 is 22.1 Å². The Hall–Kier alpha value is -1.40. The Morgan fingerprint density at radius 2 is 1.81 bits per heavy atom. The lowest BCUT2D eigenvalue weighted by Gasteiger charge is -2.40. The first-order valence-corrected chi connectivity index (χ1v) is 9.97. The van der Waals surface area contributed by atoms with Gasteiger partial charge in [0.25, 0.3) is 0 Å². The molecule has 0 aliphatic carbocycles. The maximum atomic E-state index is 12.4. The topological polar surface area (TPSA) is 171 Å². The molecule has 1 spiro atoms. The van der Waals surface area contributed by atoms with Crippen LogP contribution in [-0.2, 0) is 14.4 Å². The highest BCUT2D eigenvalue weighted by atomic mass is 32.2. The van der Waals surface area contributed by atoms with Gasteiger partial charge in [0.1, 0.15) is 12.1 Å². The molecule has 2 saturated heterocycles. The molecule has 2 aliphatic heterocycles. The number of nitrogens with one attached hydrogen (secondary N) is 2. The smallest absolute Gasteiger partial charge is 0.242 e. The maximum Gasteiger partial charge on any atom is 0.242 e. The minimum absolute atomic E-state index is 0.279. The van der Waals surface area contributed by atoms with Crippen LogP contribution in [-0.4, -0.2) is 86.9 Å². The van der Waals surface area contributed by atoms with Gasteiger partial charge in [0.2, 0.25) is 17.7 Å². The van der Waals surface area contributed by atoms with E-state index in [0.29, 0.717) is 31.7 Å². The molecule has 154 valence electrons. The fourth-order valence-corrected chi connectivity index (χ4v) is 4.68. The molecule has 0 bridgehead atoms. The maximum absolute atomic E-state index is 12.4. The van der Waals surface area contributed by atoms with Crippen molar-refractivity contribution in [2.45, 2.75) is 61.9 Å². The van der Waals surface area contributed by atoms with Gasteiger partial charge in [-0.25, -0.2) is 0 Å². The van der Waals surface area contributed by atoms with Crippen LogP contribution >= 0.6 is 11.8 Å². The molecule has 0 aromatic rings. The molecule has 0 unspecified atom stereocenters. The van der Waals surface area contributed by atoms with Gasteiger partial charge in [-0.2, -0.15) is 0 Å². The van der Waals surface area contributed by atoms with Crippen molar-refractivity contribution in [1.82, 2.24) is 15.5 Å². The zero-order valence-corrected chi connectivity index (χ0v) is 16.4. The summed E-state index contributed by atoms with van der Waals surface area (Å²) in [7, 11) is 0. The Balaban J connectivity index is 1.90. The quantitative estimate of drug-likeness (QED) is 0.274. The third-order valence-corrected chi connectivity index (χ3v) is 6.63. The molecule has 2 aliphatic rings. The van der Waals surface area contributed by atoms with E-state index in [-0.39, 0.29) is 10.8 Å². The molecule has 3 amide bonds. The van der Waals surface area contributed by atoms with E-state index in [4.69, 9.17) is 11.5 Å². The van der Waals surface area contributed by atoms with Gasteiger partial charge in [-0.1, -0.05) is 0 Å². The average molecular weight is 404 g/mol. The van der Waals surface area contributed by atoms with Crippen LogP contribution in [0.2, 0.25) is 0 Å². The summed E-state index contributed by atoms with van der Waals surface area (Å²) in [5, 5.41) is 24.8. The number of aliphatic hydroxyl groups is 2. The predicted octanol–water partition coefficient (Wildman–Crippen LogP) is -2.93. The summed E-state index contributed by atoms with van der Waals surface area (Å²) in [4.78, 5) is 37.3. The van der Waals surface area contributed by atoms with E-state index in [9.17, 15) is 24.6 Å². The van der Waals surface area contributed by atoms with Crippen molar-refractivity contribution >= 4 is 29.5 Å². The van der Waals surface area contributed by atoms with E-state index in [1.165, 1.54) is 13.8 Å². The number of amides is 3. The number of carbonyl (C=O) groups excluding carboxylic acids is 3. The highest BCUT2D eigenvalue weighted by molar-refractivity contribution is 8.01. The van der Waals surface area contributed by atoms with Crippen LogP contribution in [0, 0.1) is 0 Å². The summed E-state index contributed by atoms with van der Waals surface area (Å²) in [6, 6.07) is -2.59. The zero-order valence-electron chi connectivity index (χ0n) is 15.6. The number of carbonyl (C=O) groups is 3. The highest BCUT2D eigenvalue weighted by Gasteiger charge is 2.45. The molecule has 10 nitrogen and oxygen atoms in total. The van der Waals surface area contributed by atoms with Crippen molar-refractivity contribution in [2.75, 3.05) is 18.8 Å². The highest BCUT2D eigenvalue weighted by Crippen LogP contribution is 2.39. The van der Waals surface area contributed by atoms with Crippen LogP contribution in [0.5, 0.6) is 0 Å². The minimum atomic E-state index is -1.14. The SMILES string of the molecule is C[C@@H](O)[C@H](N)C(=O)N1CCC2(CC1)N[C@H](C(=O)N[C@H](C(N)=O)[C@@H](C)O)CS2. The number of aliphatic hydroxyl groups excluding tert-OH is 2. The Labute approximate surface area is 162 Å². The molecular formula is C16H29N5O5S. The van der Waals surface area contributed by atoms with Gasteiger partial charge in [0.15, 0.2) is 0 Å². The summed E-state index contributed by atoms with van der Waals surface area (Å²) in [6.07, 6.45) is -0.723. The van der Waals surface area contributed by atoms with E-state index >= 15 is 0 Å². The molecule has 8 N–H and O–H groups in total. The minimum Gasteiger partial charge on any atom is -0.391 e. The number of nitrogens with two attached hydrogens (primary N) is 2. The Kier molecular flexibility index (Phi) is 7.09. The van der Waals surface area contributed by atoms with Crippen molar-refractivity contribution in [1.29, 1.82) is 0 Å². The van der Waals surface area contributed by atoms with Crippen molar-refractivity contribution in [3.8, 4) is 0 Å². The molecule has 0 aromatic carbocycles. The lowest BCUT2D eigenvalue weighted by Crippen LogP contribution is -2.59. The number of hydrogen-bond acceptors (Lipinski definition) is 8. The van der Waals surface area contributed by atoms with Crippen LogP contribution in [0.4, 0.5) is 0 Å². The lowest BCUT2D eigenvalue weighted by molar-refractivity contribution is -0.136. The number of piperidine rings is 1. The molecule has 2 rings (SSSR count). The Morgan fingerprint density at radius 1 is 1.22 bits per heavy atom. The van der Waals surface area contributed by atoms with Crippen LogP contribution in [0.15, 0.2) is 0 Å². The van der Waals surface area contributed by atoms with Gasteiger partial charge >= 0.3 is 0 Å². The predicted molar refractivity (Wildman–Crippen MR) is 100 cm³/mol. The van der Waals surface area contributed by atoms with Crippen molar-refractivity contribution in [3.05, 3.63) is 0 Å². The van der Waals surface area contributed by atoms with Crippen LogP contribution in [0.25, 0.3) is 0 Å². The third kappa shape index (κ3) is 5.11. The van der Waals surface area contributed by atoms with E-state index in [1.807, 2.05) is 0 Å². The number of hydrogen-bond donors (Lipinski definition) is 6. The van der Waals surface area contributed by atoms with Gasteiger partial charge in [-0.3, -0.25) is 19.7 Å². The standard InChI is InChI=1S/C16H29N5O5S/c1-8(22)11(17)15(26)21-5-3-16(4-6-21)20-10(7-27-16)14(25)19-12(9(2)23)13(18)24/h8-12,20,22-23H,3-7,17H2,1-2H3,(H2,18,24)(H,19,25)/t8-,9-,10+,11+,12+/m1/s1. The van der Waals surface area contributed by atoms with Gasteiger partial charge in [0, 0.05) is 18.8 Å².